The average molecular weight is 300 g/mol. The predicted octanol–water partition coefficient (Wildman–Crippen LogP) is 2.76. The summed E-state index contributed by atoms with van der Waals surface area (Å²) in [5.41, 5.74) is 3.11. The van der Waals surface area contributed by atoms with Crippen LogP contribution in [0.4, 0.5) is 0 Å². The third-order valence-corrected chi connectivity index (χ3v) is 3.91. The highest BCUT2D eigenvalue weighted by molar-refractivity contribution is 6.23. The lowest BCUT2D eigenvalue weighted by Crippen LogP contribution is -2.26. The molecule has 0 heterocycles. The van der Waals surface area contributed by atoms with Crippen molar-refractivity contribution < 1.29 is 19.1 Å². The van der Waals surface area contributed by atoms with E-state index in [9.17, 15) is 9.59 Å². The van der Waals surface area contributed by atoms with Gasteiger partial charge in [0.2, 0.25) is 23.1 Å². The highest BCUT2D eigenvalue weighted by Crippen LogP contribution is 2.27. The topological polar surface area (TPSA) is 52.6 Å². The van der Waals surface area contributed by atoms with E-state index in [0.717, 1.165) is 12.0 Å². The molecule has 0 fully saturated rings. The molecule has 0 bridgehead atoms. The lowest BCUT2D eigenvalue weighted by molar-refractivity contribution is -0.121. The smallest absolute Gasteiger partial charge is 0.228 e. The first-order valence-electron chi connectivity index (χ1n) is 7.22. The lowest BCUT2D eigenvalue weighted by Gasteiger charge is -2.20. The van der Waals surface area contributed by atoms with Gasteiger partial charge < -0.3 is 9.47 Å². The molecule has 0 spiro atoms. The minimum absolute atomic E-state index is 0.0155. The Morgan fingerprint density at radius 1 is 0.864 bits per heavy atom. The van der Waals surface area contributed by atoms with Gasteiger partial charge in [0.25, 0.3) is 0 Å². The van der Waals surface area contributed by atoms with E-state index in [1.165, 1.54) is 19.8 Å². The summed E-state index contributed by atoms with van der Waals surface area (Å²) in [6, 6.07) is 8.04. The molecule has 0 aromatic heterocycles. The molecule has 4 nitrogen and oxygen atoms in total. The second-order valence-corrected chi connectivity index (χ2v) is 5.18. The van der Waals surface area contributed by atoms with Crippen molar-refractivity contribution in [2.24, 2.45) is 0 Å². The first-order chi connectivity index (χ1) is 10.5. The Labute approximate surface area is 130 Å². The van der Waals surface area contributed by atoms with E-state index in [0.29, 0.717) is 17.6 Å². The van der Waals surface area contributed by atoms with Crippen LogP contribution in [0.5, 0.6) is 0 Å². The zero-order valence-electron chi connectivity index (χ0n) is 13.4. The number of rotatable bonds is 5. The van der Waals surface area contributed by atoms with Crippen molar-refractivity contribution in [2.45, 2.75) is 26.7 Å². The fraction of sp³-hybridized carbons (Fsp3) is 0.333. The SMILES string of the molecule is CCc1ccc(CC2=C(C)C(=O)C(OC)=C(OC)C2=O)cc1. The van der Waals surface area contributed by atoms with E-state index in [-0.39, 0.29) is 23.1 Å². The lowest BCUT2D eigenvalue weighted by atomic mass is 9.88. The van der Waals surface area contributed by atoms with Gasteiger partial charge in [0, 0.05) is 17.6 Å². The molecule has 0 saturated carbocycles. The monoisotopic (exact) mass is 300 g/mol. The van der Waals surface area contributed by atoms with Gasteiger partial charge in [-0.05, 0) is 24.5 Å². The van der Waals surface area contributed by atoms with Crippen molar-refractivity contribution in [3.63, 3.8) is 0 Å². The van der Waals surface area contributed by atoms with E-state index < -0.39 is 0 Å². The number of benzene rings is 1. The van der Waals surface area contributed by atoms with Crippen LogP contribution in [0.3, 0.4) is 0 Å². The number of Topliss-reactive ketones (excluding diaryl/α,β-unsaturated/α-hetero) is 2. The number of allylic oxidation sites excluding steroid dienone is 2. The maximum Gasteiger partial charge on any atom is 0.228 e. The third kappa shape index (κ3) is 2.82. The van der Waals surface area contributed by atoms with Crippen molar-refractivity contribution in [3.8, 4) is 0 Å². The molecule has 0 amide bonds. The third-order valence-electron chi connectivity index (χ3n) is 3.91. The van der Waals surface area contributed by atoms with E-state index >= 15 is 0 Å². The van der Waals surface area contributed by atoms with Crippen molar-refractivity contribution >= 4 is 11.6 Å². The van der Waals surface area contributed by atoms with Gasteiger partial charge in [0.1, 0.15) is 0 Å². The largest absolute Gasteiger partial charge is 0.489 e. The fourth-order valence-electron chi connectivity index (χ4n) is 2.50. The molecule has 0 atom stereocenters. The standard InChI is InChI=1S/C18H20O4/c1-5-12-6-8-13(9-7-12)10-14-11(2)15(19)17(21-3)18(22-4)16(14)20/h6-9H,5,10H2,1-4H3. The van der Waals surface area contributed by atoms with Gasteiger partial charge in [-0.1, -0.05) is 31.2 Å². The number of aryl methyl sites for hydroxylation is 1. The van der Waals surface area contributed by atoms with Crippen LogP contribution in [-0.4, -0.2) is 25.8 Å². The molecule has 0 unspecified atom stereocenters. The molecule has 1 aliphatic rings. The molecule has 1 aliphatic carbocycles. The van der Waals surface area contributed by atoms with Crippen LogP contribution in [0.2, 0.25) is 0 Å². The van der Waals surface area contributed by atoms with Crippen molar-refractivity contribution in [1.29, 1.82) is 0 Å². The summed E-state index contributed by atoms with van der Waals surface area (Å²) in [5.74, 6) is -0.608. The number of carbonyl (C=O) groups is 2. The van der Waals surface area contributed by atoms with E-state index in [4.69, 9.17) is 9.47 Å². The van der Waals surface area contributed by atoms with Gasteiger partial charge >= 0.3 is 0 Å². The summed E-state index contributed by atoms with van der Waals surface area (Å²) in [6.45, 7) is 3.74. The summed E-state index contributed by atoms with van der Waals surface area (Å²) < 4.78 is 10.1. The Morgan fingerprint density at radius 3 is 1.86 bits per heavy atom. The van der Waals surface area contributed by atoms with Crippen LogP contribution in [0, 0.1) is 0 Å². The highest BCUT2D eigenvalue weighted by Gasteiger charge is 2.34. The predicted molar refractivity (Wildman–Crippen MR) is 83.3 cm³/mol. The summed E-state index contributed by atoms with van der Waals surface area (Å²) in [7, 11) is 2.73. The molecule has 0 radical (unpaired) electrons. The minimum atomic E-state index is -0.292. The molecule has 1 aromatic carbocycles. The summed E-state index contributed by atoms with van der Waals surface area (Å²) in [6.07, 6.45) is 1.37. The van der Waals surface area contributed by atoms with Gasteiger partial charge in [0.15, 0.2) is 0 Å². The molecule has 0 aliphatic heterocycles. The zero-order chi connectivity index (χ0) is 16.3. The maximum absolute atomic E-state index is 12.5. The molecular formula is C18H20O4. The number of ketones is 2. The first kappa shape index (κ1) is 16.0. The zero-order valence-corrected chi connectivity index (χ0v) is 13.4. The Balaban J connectivity index is 2.35. The maximum atomic E-state index is 12.5. The average Bonchev–Trinajstić information content (AvgIpc) is 2.55. The van der Waals surface area contributed by atoms with Gasteiger partial charge in [0.05, 0.1) is 14.2 Å². The minimum Gasteiger partial charge on any atom is -0.489 e. The molecule has 0 N–H and O–H groups in total. The second-order valence-electron chi connectivity index (χ2n) is 5.18. The molecular weight excluding hydrogens is 280 g/mol. The van der Waals surface area contributed by atoms with Crippen LogP contribution in [0.25, 0.3) is 0 Å². The quantitative estimate of drug-likeness (QED) is 0.785. The molecule has 2 rings (SSSR count). The van der Waals surface area contributed by atoms with Crippen LogP contribution in [0.1, 0.15) is 25.0 Å². The van der Waals surface area contributed by atoms with Gasteiger partial charge in [-0.3, -0.25) is 9.59 Å². The van der Waals surface area contributed by atoms with Crippen LogP contribution >= 0.6 is 0 Å². The number of hydrogen-bond acceptors (Lipinski definition) is 4. The Morgan fingerprint density at radius 2 is 1.36 bits per heavy atom. The van der Waals surface area contributed by atoms with Crippen molar-refractivity contribution in [3.05, 3.63) is 58.1 Å². The van der Waals surface area contributed by atoms with Crippen LogP contribution in [0.15, 0.2) is 46.9 Å². The fourth-order valence-corrected chi connectivity index (χ4v) is 2.50. The van der Waals surface area contributed by atoms with Gasteiger partial charge in [-0.15, -0.1) is 0 Å². The van der Waals surface area contributed by atoms with Gasteiger partial charge in [-0.25, -0.2) is 0 Å². The van der Waals surface area contributed by atoms with Crippen molar-refractivity contribution in [2.75, 3.05) is 14.2 Å². The van der Waals surface area contributed by atoms with E-state index in [2.05, 4.69) is 6.92 Å². The molecule has 22 heavy (non-hydrogen) atoms. The summed E-state index contributed by atoms with van der Waals surface area (Å²) in [5, 5.41) is 0. The first-order valence-corrected chi connectivity index (χ1v) is 7.22. The second kappa shape index (κ2) is 6.60. The number of carbonyl (C=O) groups excluding carboxylic acids is 2. The molecule has 4 heteroatoms. The number of ether oxygens (including phenoxy) is 2. The Hall–Kier alpha value is -2.36. The number of hydrogen-bond donors (Lipinski definition) is 0. The summed E-state index contributed by atoms with van der Waals surface area (Å²) in [4.78, 5) is 24.8. The highest BCUT2D eigenvalue weighted by atomic mass is 16.5. The van der Waals surface area contributed by atoms with E-state index in [1.54, 1.807) is 6.92 Å². The Bertz CT molecular complexity index is 663. The molecule has 1 aromatic rings. The summed E-state index contributed by atoms with van der Waals surface area (Å²) >= 11 is 0. The van der Waals surface area contributed by atoms with Crippen molar-refractivity contribution in [1.82, 2.24) is 0 Å². The van der Waals surface area contributed by atoms with Crippen LogP contribution in [-0.2, 0) is 31.9 Å². The van der Waals surface area contributed by atoms with Crippen LogP contribution < -0.4 is 0 Å². The normalized spacial score (nSPS) is 15.5. The van der Waals surface area contributed by atoms with E-state index in [1.807, 2.05) is 24.3 Å². The molecule has 116 valence electrons. The molecule has 0 saturated heterocycles. The Kier molecular flexibility index (Phi) is 4.81. The van der Waals surface area contributed by atoms with Gasteiger partial charge in [-0.2, -0.15) is 0 Å². The number of methoxy groups -OCH3 is 2.